The van der Waals surface area contributed by atoms with E-state index in [0.717, 1.165) is 5.56 Å². The Balaban J connectivity index is 2.31. The maximum absolute atomic E-state index is 12.5. The van der Waals surface area contributed by atoms with Gasteiger partial charge in [0.05, 0.1) is 0 Å². The molecule has 0 radical (unpaired) electrons. The van der Waals surface area contributed by atoms with E-state index < -0.39 is 6.67 Å². The Bertz CT molecular complexity index is 293. The van der Waals surface area contributed by atoms with E-state index in [1.165, 1.54) is 12.1 Å². The second-order valence-electron chi connectivity index (χ2n) is 3.15. The van der Waals surface area contributed by atoms with Crippen molar-refractivity contribution in [2.45, 2.75) is 19.3 Å². The summed E-state index contributed by atoms with van der Waals surface area (Å²) < 4.78 is 24.3. The number of aryl methyl sites for hydroxylation is 1. The van der Waals surface area contributed by atoms with Gasteiger partial charge in [-0.1, -0.05) is 12.1 Å². The Hall–Kier alpha value is -1.25. The molecular weight excluding hydrogens is 186 g/mol. The van der Waals surface area contributed by atoms with Crippen LogP contribution in [0.4, 0.5) is 8.78 Å². The average molecular weight is 198 g/mol. The number of benzene rings is 1. The van der Waals surface area contributed by atoms with Crippen molar-refractivity contribution in [3.63, 3.8) is 0 Å². The van der Waals surface area contributed by atoms with Crippen molar-refractivity contribution in [2.24, 2.45) is 0 Å². The molecule has 0 unspecified atom stereocenters. The van der Waals surface area contributed by atoms with Crippen molar-refractivity contribution in [3.05, 3.63) is 35.6 Å². The van der Waals surface area contributed by atoms with Crippen LogP contribution >= 0.6 is 0 Å². The summed E-state index contributed by atoms with van der Waals surface area (Å²) in [5.74, 6) is -0.638. The zero-order chi connectivity index (χ0) is 10.4. The van der Waals surface area contributed by atoms with Gasteiger partial charge in [-0.15, -0.1) is 0 Å². The van der Waals surface area contributed by atoms with E-state index in [2.05, 4.69) is 0 Å². The molecule has 1 aromatic rings. The quantitative estimate of drug-likeness (QED) is 0.710. The van der Waals surface area contributed by atoms with Crippen LogP contribution in [0.1, 0.15) is 18.4 Å². The van der Waals surface area contributed by atoms with Crippen molar-refractivity contribution in [2.75, 3.05) is 6.67 Å². The standard InChI is InChI=1S/C11H12F2O/c12-8-11(14)3-1-2-9-4-6-10(13)7-5-9/h4-7H,1-3,8H2. The predicted molar refractivity (Wildman–Crippen MR) is 50.3 cm³/mol. The van der Waals surface area contributed by atoms with Gasteiger partial charge < -0.3 is 0 Å². The number of alkyl halides is 1. The molecule has 0 N–H and O–H groups in total. The fraction of sp³-hybridized carbons (Fsp3) is 0.364. The molecule has 0 heterocycles. The summed E-state index contributed by atoms with van der Waals surface area (Å²) in [4.78, 5) is 10.6. The van der Waals surface area contributed by atoms with E-state index in [1.54, 1.807) is 12.1 Å². The molecule has 1 nitrogen and oxygen atoms in total. The predicted octanol–water partition coefficient (Wildman–Crippen LogP) is 2.69. The molecule has 3 heteroatoms. The Labute approximate surface area is 81.7 Å². The number of Topliss-reactive ketones (excluding diaryl/α,β-unsaturated/α-hetero) is 1. The van der Waals surface area contributed by atoms with Gasteiger partial charge in [-0.05, 0) is 30.5 Å². The number of hydrogen-bond donors (Lipinski definition) is 0. The minimum absolute atomic E-state index is 0.258. The monoisotopic (exact) mass is 198 g/mol. The number of hydrogen-bond acceptors (Lipinski definition) is 1. The summed E-state index contributed by atoms with van der Waals surface area (Å²) in [6.45, 7) is -0.885. The van der Waals surface area contributed by atoms with Crippen molar-refractivity contribution in [1.29, 1.82) is 0 Å². The first-order valence-electron chi connectivity index (χ1n) is 4.54. The molecule has 1 rings (SSSR count). The lowest BCUT2D eigenvalue weighted by atomic mass is 10.1. The Morgan fingerprint density at radius 1 is 1.21 bits per heavy atom. The molecule has 76 valence electrons. The molecule has 14 heavy (non-hydrogen) atoms. The van der Waals surface area contributed by atoms with Crippen LogP contribution in [0.2, 0.25) is 0 Å². The van der Waals surface area contributed by atoms with Crippen LogP contribution in [-0.4, -0.2) is 12.5 Å². The van der Waals surface area contributed by atoms with Gasteiger partial charge in [-0.3, -0.25) is 4.79 Å². The summed E-state index contributed by atoms with van der Waals surface area (Å²) >= 11 is 0. The zero-order valence-electron chi connectivity index (χ0n) is 7.80. The largest absolute Gasteiger partial charge is 0.297 e. The van der Waals surface area contributed by atoms with E-state index in [-0.39, 0.29) is 18.0 Å². The summed E-state index contributed by atoms with van der Waals surface area (Å²) in [5, 5.41) is 0. The molecule has 0 bridgehead atoms. The van der Waals surface area contributed by atoms with Gasteiger partial charge in [0.2, 0.25) is 0 Å². The zero-order valence-corrected chi connectivity index (χ0v) is 7.80. The van der Waals surface area contributed by atoms with Crippen LogP contribution in [0, 0.1) is 5.82 Å². The van der Waals surface area contributed by atoms with E-state index in [0.29, 0.717) is 12.8 Å². The summed E-state index contributed by atoms with van der Waals surface area (Å²) in [6, 6.07) is 6.11. The minimum atomic E-state index is -0.885. The third kappa shape index (κ3) is 3.64. The van der Waals surface area contributed by atoms with Gasteiger partial charge in [0.1, 0.15) is 12.5 Å². The molecule has 0 aromatic heterocycles. The van der Waals surface area contributed by atoms with Crippen LogP contribution in [-0.2, 0) is 11.2 Å². The Kier molecular flexibility index (Phi) is 4.23. The molecule has 0 aliphatic rings. The third-order valence-corrected chi connectivity index (χ3v) is 1.98. The number of ketones is 1. The SMILES string of the molecule is O=C(CF)CCCc1ccc(F)cc1. The van der Waals surface area contributed by atoms with Crippen LogP contribution < -0.4 is 0 Å². The highest BCUT2D eigenvalue weighted by Gasteiger charge is 2.00. The van der Waals surface area contributed by atoms with Crippen molar-refractivity contribution < 1.29 is 13.6 Å². The number of carbonyl (C=O) groups is 1. The third-order valence-electron chi connectivity index (χ3n) is 1.98. The number of rotatable bonds is 5. The van der Waals surface area contributed by atoms with Gasteiger partial charge in [0.15, 0.2) is 5.78 Å². The normalized spacial score (nSPS) is 10.1. The lowest BCUT2D eigenvalue weighted by Crippen LogP contribution is -2.00. The van der Waals surface area contributed by atoms with Crippen molar-refractivity contribution in [3.8, 4) is 0 Å². The fourth-order valence-corrected chi connectivity index (χ4v) is 1.21. The van der Waals surface area contributed by atoms with E-state index in [1.807, 2.05) is 0 Å². The highest BCUT2D eigenvalue weighted by molar-refractivity contribution is 5.79. The smallest absolute Gasteiger partial charge is 0.163 e. The van der Waals surface area contributed by atoms with Crippen LogP contribution in [0.3, 0.4) is 0 Å². The van der Waals surface area contributed by atoms with Crippen molar-refractivity contribution >= 4 is 5.78 Å². The first kappa shape index (κ1) is 10.8. The second-order valence-corrected chi connectivity index (χ2v) is 3.15. The lowest BCUT2D eigenvalue weighted by Gasteiger charge is -1.99. The summed E-state index contributed by atoms with van der Waals surface area (Å²) in [7, 11) is 0. The average Bonchev–Trinajstić information content (AvgIpc) is 2.21. The molecule has 0 amide bonds. The van der Waals surface area contributed by atoms with E-state index in [4.69, 9.17) is 0 Å². The van der Waals surface area contributed by atoms with Crippen LogP contribution in [0.5, 0.6) is 0 Å². The molecule has 0 fully saturated rings. The van der Waals surface area contributed by atoms with Crippen molar-refractivity contribution in [1.82, 2.24) is 0 Å². The maximum Gasteiger partial charge on any atom is 0.163 e. The molecule has 0 aliphatic carbocycles. The highest BCUT2D eigenvalue weighted by Crippen LogP contribution is 2.07. The summed E-state index contributed by atoms with van der Waals surface area (Å²) in [5.41, 5.74) is 0.970. The summed E-state index contributed by atoms with van der Waals surface area (Å²) in [6.07, 6.45) is 1.56. The fourth-order valence-electron chi connectivity index (χ4n) is 1.21. The molecule has 1 aromatic carbocycles. The molecule has 0 saturated carbocycles. The van der Waals surface area contributed by atoms with Gasteiger partial charge >= 0.3 is 0 Å². The lowest BCUT2D eigenvalue weighted by molar-refractivity contribution is -0.119. The molecular formula is C11H12F2O. The molecule has 0 saturated heterocycles. The van der Waals surface area contributed by atoms with Crippen LogP contribution in [0.25, 0.3) is 0 Å². The van der Waals surface area contributed by atoms with E-state index in [9.17, 15) is 13.6 Å². The molecule has 0 spiro atoms. The second kappa shape index (κ2) is 5.47. The Morgan fingerprint density at radius 3 is 2.43 bits per heavy atom. The minimum Gasteiger partial charge on any atom is -0.297 e. The van der Waals surface area contributed by atoms with Gasteiger partial charge in [0.25, 0.3) is 0 Å². The highest BCUT2D eigenvalue weighted by atomic mass is 19.1. The van der Waals surface area contributed by atoms with E-state index >= 15 is 0 Å². The maximum atomic E-state index is 12.5. The van der Waals surface area contributed by atoms with Gasteiger partial charge in [0, 0.05) is 6.42 Å². The van der Waals surface area contributed by atoms with Gasteiger partial charge in [-0.2, -0.15) is 0 Å². The van der Waals surface area contributed by atoms with Crippen LogP contribution in [0.15, 0.2) is 24.3 Å². The Morgan fingerprint density at radius 2 is 1.86 bits per heavy atom. The first-order chi connectivity index (χ1) is 6.72. The number of carbonyl (C=O) groups excluding carboxylic acids is 1. The number of halogens is 2. The molecule has 0 aliphatic heterocycles. The molecule has 0 atom stereocenters. The topological polar surface area (TPSA) is 17.1 Å². The van der Waals surface area contributed by atoms with Gasteiger partial charge in [-0.25, -0.2) is 8.78 Å². The first-order valence-corrected chi connectivity index (χ1v) is 4.54.